The zero-order chi connectivity index (χ0) is 7.84. The Bertz CT molecular complexity index is 315. The normalized spacial score (nSPS) is 14.4. The first-order valence-electron chi connectivity index (χ1n) is 3.59. The third-order valence-corrected chi connectivity index (χ3v) is 1.92. The maximum absolute atomic E-state index is 5.62. The van der Waals surface area contributed by atoms with Gasteiger partial charge in [-0.15, -0.1) is 0 Å². The minimum absolute atomic E-state index is 0.800. The Hall–Kier alpha value is -1.44. The molecule has 0 fully saturated rings. The molecule has 0 atom stereocenters. The van der Waals surface area contributed by atoms with E-state index in [1.807, 2.05) is 18.2 Å². The van der Waals surface area contributed by atoms with Gasteiger partial charge in [0.05, 0.1) is 0 Å². The third kappa shape index (κ3) is 0.871. The van der Waals surface area contributed by atoms with Crippen molar-refractivity contribution in [3.05, 3.63) is 30.3 Å². The number of hydrogen-bond acceptors (Lipinski definition) is 2. The number of nitrogens with two attached hydrogens (primary N) is 1. The van der Waals surface area contributed by atoms with Crippen molar-refractivity contribution in [1.82, 2.24) is 0 Å². The SMILES string of the molecule is C=C1CNc2ccc(N)cc21. The van der Waals surface area contributed by atoms with Gasteiger partial charge in [-0.2, -0.15) is 0 Å². The summed E-state index contributed by atoms with van der Waals surface area (Å²) < 4.78 is 0. The third-order valence-electron chi connectivity index (χ3n) is 1.92. The molecule has 1 aliphatic rings. The summed E-state index contributed by atoms with van der Waals surface area (Å²) >= 11 is 0. The fourth-order valence-electron chi connectivity index (χ4n) is 1.31. The lowest BCUT2D eigenvalue weighted by atomic mass is 10.1. The van der Waals surface area contributed by atoms with Crippen LogP contribution in [0.1, 0.15) is 5.56 Å². The van der Waals surface area contributed by atoms with Gasteiger partial charge in [-0.05, 0) is 23.8 Å². The quantitative estimate of drug-likeness (QED) is 0.547. The molecule has 1 aliphatic heterocycles. The average Bonchev–Trinajstić information content (AvgIpc) is 2.33. The van der Waals surface area contributed by atoms with Gasteiger partial charge in [-0.3, -0.25) is 0 Å². The van der Waals surface area contributed by atoms with Crippen molar-refractivity contribution in [1.29, 1.82) is 0 Å². The second-order valence-electron chi connectivity index (χ2n) is 2.76. The van der Waals surface area contributed by atoms with Crippen LogP contribution in [-0.4, -0.2) is 6.54 Å². The number of hydrogen-bond donors (Lipinski definition) is 2. The molecule has 11 heavy (non-hydrogen) atoms. The van der Waals surface area contributed by atoms with Crippen molar-refractivity contribution in [2.75, 3.05) is 17.6 Å². The van der Waals surface area contributed by atoms with Crippen LogP contribution < -0.4 is 11.1 Å². The fraction of sp³-hybridized carbons (Fsp3) is 0.111. The molecule has 1 aromatic rings. The molecule has 0 radical (unpaired) electrons. The lowest BCUT2D eigenvalue weighted by Crippen LogP contribution is -1.90. The van der Waals surface area contributed by atoms with Gasteiger partial charge >= 0.3 is 0 Å². The van der Waals surface area contributed by atoms with E-state index in [9.17, 15) is 0 Å². The lowest BCUT2D eigenvalue weighted by Gasteiger charge is -1.99. The van der Waals surface area contributed by atoms with Crippen molar-refractivity contribution in [2.24, 2.45) is 0 Å². The topological polar surface area (TPSA) is 38.0 Å². The maximum atomic E-state index is 5.62. The minimum atomic E-state index is 0.800. The summed E-state index contributed by atoms with van der Waals surface area (Å²) in [6.45, 7) is 4.76. The fourth-order valence-corrected chi connectivity index (χ4v) is 1.31. The summed E-state index contributed by atoms with van der Waals surface area (Å²) in [5, 5.41) is 3.22. The summed E-state index contributed by atoms with van der Waals surface area (Å²) in [5.74, 6) is 0. The Morgan fingerprint density at radius 2 is 2.27 bits per heavy atom. The molecule has 1 heterocycles. The lowest BCUT2D eigenvalue weighted by molar-refractivity contribution is 1.45. The van der Waals surface area contributed by atoms with Crippen molar-refractivity contribution in [3.8, 4) is 0 Å². The molecule has 56 valence electrons. The van der Waals surface area contributed by atoms with Crippen LogP contribution in [0, 0.1) is 0 Å². The highest BCUT2D eigenvalue weighted by Gasteiger charge is 2.12. The van der Waals surface area contributed by atoms with E-state index < -0.39 is 0 Å². The van der Waals surface area contributed by atoms with E-state index in [0.717, 1.165) is 29.1 Å². The number of rotatable bonds is 0. The standard InChI is InChI=1S/C9H10N2/c1-6-5-11-9-3-2-7(10)4-8(6)9/h2-4,11H,1,5,10H2. The van der Waals surface area contributed by atoms with Gasteiger partial charge in [0.15, 0.2) is 0 Å². The van der Waals surface area contributed by atoms with Gasteiger partial charge in [-0.25, -0.2) is 0 Å². The Morgan fingerprint density at radius 1 is 1.45 bits per heavy atom. The summed E-state index contributed by atoms with van der Waals surface area (Å²) in [6.07, 6.45) is 0. The molecular weight excluding hydrogens is 136 g/mol. The van der Waals surface area contributed by atoms with Gasteiger partial charge in [0, 0.05) is 23.5 Å². The Morgan fingerprint density at radius 3 is 3.09 bits per heavy atom. The van der Waals surface area contributed by atoms with Crippen molar-refractivity contribution >= 4 is 16.9 Å². The van der Waals surface area contributed by atoms with Gasteiger partial charge in [-0.1, -0.05) is 6.58 Å². The van der Waals surface area contributed by atoms with Gasteiger partial charge < -0.3 is 11.1 Å². The first-order valence-corrected chi connectivity index (χ1v) is 3.59. The Labute approximate surface area is 65.7 Å². The van der Waals surface area contributed by atoms with Crippen LogP contribution in [0.3, 0.4) is 0 Å². The Balaban J connectivity index is 2.60. The predicted octanol–water partition coefficient (Wildman–Crippen LogP) is 1.71. The molecule has 0 aromatic heterocycles. The number of benzene rings is 1. The van der Waals surface area contributed by atoms with Crippen LogP contribution in [0.25, 0.3) is 5.57 Å². The zero-order valence-corrected chi connectivity index (χ0v) is 6.22. The molecule has 2 nitrogen and oxygen atoms in total. The molecule has 2 heteroatoms. The molecule has 0 unspecified atom stereocenters. The van der Waals surface area contributed by atoms with E-state index in [-0.39, 0.29) is 0 Å². The largest absolute Gasteiger partial charge is 0.399 e. The molecule has 0 spiro atoms. The van der Waals surface area contributed by atoms with Gasteiger partial charge in [0.25, 0.3) is 0 Å². The number of anilines is 2. The molecule has 0 bridgehead atoms. The Kier molecular flexibility index (Phi) is 1.15. The van der Waals surface area contributed by atoms with Gasteiger partial charge in [0.2, 0.25) is 0 Å². The highest BCUT2D eigenvalue weighted by molar-refractivity contribution is 5.84. The zero-order valence-electron chi connectivity index (χ0n) is 6.22. The molecular formula is C9H10N2. The number of nitrogens with one attached hydrogen (secondary N) is 1. The number of nitrogen functional groups attached to an aromatic ring is 1. The van der Waals surface area contributed by atoms with E-state index in [2.05, 4.69) is 11.9 Å². The highest BCUT2D eigenvalue weighted by Crippen LogP contribution is 2.30. The van der Waals surface area contributed by atoms with E-state index in [1.54, 1.807) is 0 Å². The molecule has 1 aromatic carbocycles. The van der Waals surface area contributed by atoms with Crippen molar-refractivity contribution in [2.45, 2.75) is 0 Å². The maximum Gasteiger partial charge on any atom is 0.0421 e. The number of fused-ring (bicyclic) bond motifs is 1. The van der Waals surface area contributed by atoms with Crippen LogP contribution in [-0.2, 0) is 0 Å². The van der Waals surface area contributed by atoms with Crippen LogP contribution in [0.2, 0.25) is 0 Å². The van der Waals surface area contributed by atoms with Crippen LogP contribution in [0.4, 0.5) is 11.4 Å². The summed E-state index contributed by atoms with van der Waals surface area (Å²) in [6, 6.07) is 5.84. The second kappa shape index (κ2) is 2.02. The molecule has 0 aliphatic carbocycles. The smallest absolute Gasteiger partial charge is 0.0421 e. The van der Waals surface area contributed by atoms with E-state index in [1.165, 1.54) is 0 Å². The molecule has 0 amide bonds. The monoisotopic (exact) mass is 146 g/mol. The van der Waals surface area contributed by atoms with E-state index in [0.29, 0.717) is 0 Å². The summed E-state index contributed by atoms with van der Waals surface area (Å²) in [5.41, 5.74) is 9.84. The van der Waals surface area contributed by atoms with Gasteiger partial charge in [0.1, 0.15) is 0 Å². The molecule has 0 saturated carbocycles. The van der Waals surface area contributed by atoms with Crippen LogP contribution >= 0.6 is 0 Å². The van der Waals surface area contributed by atoms with Crippen molar-refractivity contribution in [3.63, 3.8) is 0 Å². The summed E-state index contributed by atoms with van der Waals surface area (Å²) in [7, 11) is 0. The van der Waals surface area contributed by atoms with Crippen molar-refractivity contribution < 1.29 is 0 Å². The molecule has 0 saturated heterocycles. The van der Waals surface area contributed by atoms with E-state index in [4.69, 9.17) is 5.73 Å². The van der Waals surface area contributed by atoms with Crippen LogP contribution in [0.15, 0.2) is 24.8 Å². The molecule has 3 N–H and O–H groups in total. The first kappa shape index (κ1) is 6.28. The van der Waals surface area contributed by atoms with E-state index >= 15 is 0 Å². The van der Waals surface area contributed by atoms with Crippen LogP contribution in [0.5, 0.6) is 0 Å². The first-order chi connectivity index (χ1) is 5.27. The minimum Gasteiger partial charge on any atom is -0.399 e. The average molecular weight is 146 g/mol. The predicted molar refractivity (Wildman–Crippen MR) is 48.4 cm³/mol. The summed E-state index contributed by atoms with van der Waals surface area (Å²) in [4.78, 5) is 0. The highest BCUT2D eigenvalue weighted by atomic mass is 14.9. The second-order valence-corrected chi connectivity index (χ2v) is 2.76. The molecule has 2 rings (SSSR count).